The summed E-state index contributed by atoms with van der Waals surface area (Å²) in [4.78, 5) is 27.4. The molecule has 0 saturated heterocycles. The lowest BCUT2D eigenvalue weighted by molar-refractivity contribution is 0.0947. The third kappa shape index (κ3) is 3.68. The van der Waals surface area contributed by atoms with Gasteiger partial charge in [0.25, 0.3) is 11.5 Å². The van der Waals surface area contributed by atoms with Crippen molar-refractivity contribution in [3.8, 4) is 17.2 Å². The van der Waals surface area contributed by atoms with E-state index < -0.39 is 17.2 Å². The molecular weight excluding hydrogens is 372 g/mol. The van der Waals surface area contributed by atoms with Crippen molar-refractivity contribution < 1.29 is 19.4 Å². The number of hydrogen-bond acceptors (Lipinski definition) is 5. The minimum atomic E-state index is -0.708. The van der Waals surface area contributed by atoms with Gasteiger partial charge in [0.1, 0.15) is 11.3 Å². The molecule has 0 spiro atoms. The number of aromatic nitrogens is 1. The van der Waals surface area contributed by atoms with Crippen molar-refractivity contribution >= 4 is 28.4 Å². The first-order valence-corrected chi connectivity index (χ1v) is 8.36. The van der Waals surface area contributed by atoms with Crippen LogP contribution in [0.1, 0.15) is 15.9 Å². The molecule has 3 N–H and O–H groups in total. The molecule has 8 heteroatoms. The van der Waals surface area contributed by atoms with Crippen LogP contribution in [0.2, 0.25) is 5.02 Å². The van der Waals surface area contributed by atoms with Gasteiger partial charge in [-0.1, -0.05) is 23.7 Å². The number of ether oxygens (including phenoxy) is 2. The number of amides is 1. The summed E-state index contributed by atoms with van der Waals surface area (Å²) in [5, 5.41) is 14.0. The zero-order valence-corrected chi connectivity index (χ0v) is 15.4. The largest absolute Gasteiger partial charge is 0.506 e. The van der Waals surface area contributed by atoms with Gasteiger partial charge in [0.05, 0.1) is 19.7 Å². The van der Waals surface area contributed by atoms with Gasteiger partial charge in [0, 0.05) is 23.0 Å². The van der Waals surface area contributed by atoms with Crippen LogP contribution < -0.4 is 20.3 Å². The smallest absolute Gasteiger partial charge is 0.265 e. The van der Waals surface area contributed by atoms with Crippen LogP contribution in [0.3, 0.4) is 0 Å². The van der Waals surface area contributed by atoms with E-state index in [0.717, 1.165) is 5.56 Å². The Morgan fingerprint density at radius 3 is 2.41 bits per heavy atom. The van der Waals surface area contributed by atoms with Crippen LogP contribution >= 0.6 is 11.6 Å². The highest BCUT2D eigenvalue weighted by molar-refractivity contribution is 6.30. The van der Waals surface area contributed by atoms with Crippen molar-refractivity contribution in [3.63, 3.8) is 0 Å². The summed E-state index contributed by atoms with van der Waals surface area (Å²) in [6.07, 6.45) is 0. The predicted octanol–water partition coefficient (Wildman–Crippen LogP) is 2.83. The standard InChI is InChI=1S/C19H17ClN2O5/c1-26-14-7-12-13(8-15(14)27-2)22-19(25)16(17(12)23)18(24)21-9-10-3-5-11(20)6-4-10/h3-8H,9H2,1-2H3,(H,21,24)(H2,22,23,25). The average Bonchev–Trinajstić information content (AvgIpc) is 2.66. The van der Waals surface area contributed by atoms with E-state index in [1.54, 1.807) is 24.3 Å². The van der Waals surface area contributed by atoms with E-state index in [9.17, 15) is 14.7 Å². The zero-order chi connectivity index (χ0) is 19.6. The fraction of sp³-hybridized carbons (Fsp3) is 0.158. The Bertz CT molecular complexity index is 1060. The molecule has 1 aromatic heterocycles. The van der Waals surface area contributed by atoms with Crippen LogP contribution in [0.25, 0.3) is 10.9 Å². The third-order valence-electron chi connectivity index (χ3n) is 4.08. The van der Waals surface area contributed by atoms with Crippen molar-refractivity contribution in [1.82, 2.24) is 10.3 Å². The van der Waals surface area contributed by atoms with Gasteiger partial charge in [-0.25, -0.2) is 0 Å². The maximum atomic E-state index is 12.5. The molecule has 3 rings (SSSR count). The second-order valence-electron chi connectivity index (χ2n) is 5.74. The maximum Gasteiger partial charge on any atom is 0.265 e. The molecule has 3 aromatic rings. The number of rotatable bonds is 5. The summed E-state index contributed by atoms with van der Waals surface area (Å²) in [5.74, 6) is -0.372. The number of fused-ring (bicyclic) bond motifs is 1. The summed E-state index contributed by atoms with van der Waals surface area (Å²) in [5.41, 5.74) is 0.0461. The lowest BCUT2D eigenvalue weighted by atomic mass is 10.1. The van der Waals surface area contributed by atoms with Crippen molar-refractivity contribution in [1.29, 1.82) is 0 Å². The van der Waals surface area contributed by atoms with Gasteiger partial charge >= 0.3 is 0 Å². The molecule has 0 radical (unpaired) electrons. The number of nitrogens with one attached hydrogen (secondary N) is 2. The van der Waals surface area contributed by atoms with Crippen LogP contribution in [-0.4, -0.2) is 30.2 Å². The molecule has 0 aliphatic heterocycles. The fourth-order valence-electron chi connectivity index (χ4n) is 2.69. The molecule has 2 aromatic carbocycles. The van der Waals surface area contributed by atoms with Gasteiger partial charge < -0.3 is 24.9 Å². The first-order valence-electron chi connectivity index (χ1n) is 7.98. The Labute approximate surface area is 159 Å². The third-order valence-corrected chi connectivity index (χ3v) is 4.34. The monoisotopic (exact) mass is 388 g/mol. The van der Waals surface area contributed by atoms with Crippen LogP contribution in [0.4, 0.5) is 0 Å². The van der Waals surface area contributed by atoms with Gasteiger partial charge in [-0.15, -0.1) is 0 Å². The van der Waals surface area contributed by atoms with Crippen molar-refractivity contribution in [2.45, 2.75) is 6.54 Å². The Morgan fingerprint density at radius 2 is 1.78 bits per heavy atom. The molecule has 7 nitrogen and oxygen atoms in total. The van der Waals surface area contributed by atoms with Gasteiger partial charge in [0.2, 0.25) is 0 Å². The molecule has 1 amide bonds. The van der Waals surface area contributed by atoms with Gasteiger partial charge in [0.15, 0.2) is 11.5 Å². The minimum Gasteiger partial charge on any atom is -0.506 e. The Hall–Kier alpha value is -3.19. The van der Waals surface area contributed by atoms with E-state index in [1.807, 2.05) is 0 Å². The Morgan fingerprint density at radius 1 is 1.15 bits per heavy atom. The quantitative estimate of drug-likeness (QED) is 0.624. The normalized spacial score (nSPS) is 10.6. The lowest BCUT2D eigenvalue weighted by Crippen LogP contribution is -2.29. The van der Waals surface area contributed by atoms with E-state index >= 15 is 0 Å². The molecule has 0 aliphatic carbocycles. The topological polar surface area (TPSA) is 101 Å². The van der Waals surface area contributed by atoms with Crippen LogP contribution in [-0.2, 0) is 6.54 Å². The number of carbonyl (C=O) groups is 1. The van der Waals surface area contributed by atoms with Crippen molar-refractivity contribution in [2.24, 2.45) is 0 Å². The number of methoxy groups -OCH3 is 2. The first-order chi connectivity index (χ1) is 12.9. The number of aromatic hydroxyl groups is 1. The molecule has 1 heterocycles. The van der Waals surface area contributed by atoms with Gasteiger partial charge in [-0.3, -0.25) is 9.59 Å². The van der Waals surface area contributed by atoms with Crippen LogP contribution in [0.5, 0.6) is 17.2 Å². The number of benzene rings is 2. The summed E-state index contributed by atoms with van der Waals surface area (Å²) >= 11 is 5.83. The van der Waals surface area contributed by atoms with E-state index in [0.29, 0.717) is 22.0 Å². The molecule has 140 valence electrons. The number of halogens is 1. The first kappa shape index (κ1) is 18.6. The average molecular weight is 389 g/mol. The highest BCUT2D eigenvalue weighted by atomic mass is 35.5. The second-order valence-corrected chi connectivity index (χ2v) is 6.18. The van der Waals surface area contributed by atoms with Crippen molar-refractivity contribution in [2.75, 3.05) is 14.2 Å². The predicted molar refractivity (Wildman–Crippen MR) is 102 cm³/mol. The summed E-state index contributed by atoms with van der Waals surface area (Å²) in [6.45, 7) is 0.179. The number of aromatic amines is 1. The van der Waals surface area contributed by atoms with Crippen LogP contribution in [0, 0.1) is 0 Å². The van der Waals surface area contributed by atoms with E-state index in [-0.39, 0.29) is 17.5 Å². The SMILES string of the molecule is COc1cc2[nH]c(=O)c(C(=O)NCc3ccc(Cl)cc3)c(O)c2cc1OC. The van der Waals surface area contributed by atoms with E-state index in [4.69, 9.17) is 21.1 Å². The molecule has 0 aliphatic rings. The molecule has 27 heavy (non-hydrogen) atoms. The summed E-state index contributed by atoms with van der Waals surface area (Å²) in [7, 11) is 2.91. The van der Waals surface area contributed by atoms with Gasteiger partial charge in [-0.2, -0.15) is 0 Å². The fourth-order valence-corrected chi connectivity index (χ4v) is 2.81. The molecule has 0 unspecified atom stereocenters. The summed E-state index contributed by atoms with van der Waals surface area (Å²) in [6, 6.07) is 9.92. The molecule has 0 bridgehead atoms. The molecular formula is C19H17ClN2O5. The Kier molecular flexibility index (Phi) is 5.23. The highest BCUT2D eigenvalue weighted by Crippen LogP contribution is 2.35. The van der Waals surface area contributed by atoms with E-state index in [1.165, 1.54) is 26.4 Å². The van der Waals surface area contributed by atoms with Crippen LogP contribution in [0.15, 0.2) is 41.2 Å². The number of carbonyl (C=O) groups excluding carboxylic acids is 1. The number of H-pyrrole nitrogens is 1. The molecule has 0 saturated carbocycles. The minimum absolute atomic E-state index is 0.179. The Balaban J connectivity index is 1.96. The number of pyridine rings is 1. The maximum absolute atomic E-state index is 12.5. The highest BCUT2D eigenvalue weighted by Gasteiger charge is 2.20. The summed E-state index contributed by atoms with van der Waals surface area (Å²) < 4.78 is 10.4. The van der Waals surface area contributed by atoms with Gasteiger partial charge in [-0.05, 0) is 23.8 Å². The lowest BCUT2D eigenvalue weighted by Gasteiger charge is -2.12. The zero-order valence-electron chi connectivity index (χ0n) is 14.6. The second kappa shape index (κ2) is 7.59. The number of hydrogen-bond donors (Lipinski definition) is 3. The molecule has 0 atom stereocenters. The molecule has 0 fully saturated rings. The van der Waals surface area contributed by atoms with E-state index in [2.05, 4.69) is 10.3 Å². The van der Waals surface area contributed by atoms with Crippen molar-refractivity contribution in [3.05, 3.63) is 62.9 Å².